The summed E-state index contributed by atoms with van der Waals surface area (Å²) in [6.45, 7) is 3.23. The van der Waals surface area contributed by atoms with E-state index in [-0.39, 0.29) is 58.0 Å². The first-order valence-corrected chi connectivity index (χ1v) is 6.15. The van der Waals surface area contributed by atoms with E-state index < -0.39 is 17.1 Å². The van der Waals surface area contributed by atoms with Crippen LogP contribution in [0, 0.1) is 67.2 Å². The van der Waals surface area contributed by atoms with Crippen LogP contribution in [-0.4, -0.2) is 19.5 Å². The van der Waals surface area contributed by atoms with Crippen LogP contribution in [0.2, 0.25) is 0 Å². The van der Waals surface area contributed by atoms with Crippen LogP contribution in [0.15, 0.2) is 27.9 Å². The molecule has 0 bridgehead atoms. The third-order valence-corrected chi connectivity index (χ3v) is 3.18. The van der Waals surface area contributed by atoms with Gasteiger partial charge in [0.1, 0.15) is 5.82 Å². The Balaban J connectivity index is 0.00000176. The number of hydrogen-bond acceptors (Lipinski definition) is 4. The molecule has 3 aromatic heterocycles. The van der Waals surface area contributed by atoms with E-state index >= 15 is 0 Å². The summed E-state index contributed by atoms with van der Waals surface area (Å²) in [7, 11) is 0. The van der Waals surface area contributed by atoms with Gasteiger partial charge < -0.3 is 4.98 Å². The van der Waals surface area contributed by atoms with E-state index in [9.17, 15) is 14.0 Å². The number of rotatable bonds is 1. The minimum atomic E-state index is -0.681. The van der Waals surface area contributed by atoms with Gasteiger partial charge in [-0.2, -0.15) is 6.07 Å². The fourth-order valence-electron chi connectivity index (χ4n) is 2.07. The average molecular weight is 426 g/mol. The summed E-state index contributed by atoms with van der Waals surface area (Å²) < 4.78 is 14.8. The first-order chi connectivity index (χ1) is 9.99. The van der Waals surface area contributed by atoms with Crippen LogP contribution < -0.4 is 11.2 Å². The summed E-state index contributed by atoms with van der Waals surface area (Å²) in [6.07, 6.45) is 4.23. The number of aromatic amines is 1. The Morgan fingerprint density at radius 3 is 2.73 bits per heavy atom. The fourth-order valence-corrected chi connectivity index (χ4v) is 2.07. The van der Waals surface area contributed by atoms with Gasteiger partial charge in [-0.3, -0.25) is 14.3 Å². The third kappa shape index (κ3) is 2.75. The van der Waals surface area contributed by atoms with Crippen molar-refractivity contribution in [2.45, 2.75) is 13.8 Å². The van der Waals surface area contributed by atoms with Crippen LogP contribution in [0.25, 0.3) is 16.7 Å². The molecule has 0 aliphatic carbocycles. The molecule has 1 radical (unpaired) electrons. The summed E-state index contributed by atoms with van der Waals surface area (Å²) in [5.74, 6) is -0.606. The molecule has 0 spiro atoms. The number of hydrogen-bond donors (Lipinski definition) is 1. The van der Waals surface area contributed by atoms with E-state index in [2.05, 4.69) is 21.1 Å². The van der Waals surface area contributed by atoms with Gasteiger partial charge in [-0.1, -0.05) is 19.3 Å². The summed E-state index contributed by atoms with van der Waals surface area (Å²) in [5, 5.41) is -0.00523. The Morgan fingerprint density at radius 1 is 1.32 bits per heavy atom. The Labute approximate surface area is 157 Å². The van der Waals surface area contributed by atoms with Crippen molar-refractivity contribution in [1.82, 2.24) is 19.5 Å². The molecule has 0 fully saturated rings. The monoisotopic (exact) mass is 426 g/mol. The first-order valence-electron chi connectivity index (χ1n) is 6.15. The second-order valence-electron chi connectivity index (χ2n) is 4.61. The smallest absolute Gasteiger partial charge is 0.332 e. The summed E-state index contributed by atoms with van der Waals surface area (Å²) >= 11 is 0. The van der Waals surface area contributed by atoms with Crippen LogP contribution in [0.3, 0.4) is 0 Å². The quantitative estimate of drug-likeness (QED) is 0.590. The molecule has 6 nitrogen and oxygen atoms in total. The molecule has 1 N–H and O–H groups in total. The molecule has 0 aromatic carbocycles. The van der Waals surface area contributed by atoms with Crippen molar-refractivity contribution in [2.24, 2.45) is 0 Å². The maximum absolute atomic E-state index is 13.6. The minimum absolute atomic E-state index is 0. The number of aryl methyl sites for hydroxylation is 2. The van der Waals surface area contributed by atoms with Gasteiger partial charge >= 0.3 is 5.69 Å². The maximum atomic E-state index is 13.6. The van der Waals surface area contributed by atoms with E-state index in [1.165, 1.54) is 17.7 Å². The number of fused-ring (bicyclic) bond motifs is 1. The van der Waals surface area contributed by atoms with E-state index in [0.29, 0.717) is 5.69 Å². The van der Waals surface area contributed by atoms with Crippen molar-refractivity contribution in [3.8, 4) is 5.69 Å². The Bertz CT molecular complexity index is 981. The molecule has 0 aliphatic heterocycles. The summed E-state index contributed by atoms with van der Waals surface area (Å²) in [5.41, 5.74) is -0.0816. The Hall–Kier alpha value is -1.47. The SMILES string of the molecule is Cc1ccn[c-]c1-n1c(=O)[nH]c(=O)c2cc(F)c(C)nc21.[Pr]. The number of pyridine rings is 2. The normalized spacial score (nSPS) is 10.5. The molecule has 22 heavy (non-hydrogen) atoms. The number of nitrogens with one attached hydrogen (secondary N) is 1. The molecule has 3 heterocycles. The van der Waals surface area contributed by atoms with Crippen molar-refractivity contribution in [1.29, 1.82) is 0 Å². The molecule has 0 unspecified atom stereocenters. The zero-order valence-corrected chi connectivity index (χ0v) is 15.5. The zero-order valence-electron chi connectivity index (χ0n) is 11.8. The summed E-state index contributed by atoms with van der Waals surface area (Å²) in [4.78, 5) is 34.0. The van der Waals surface area contributed by atoms with Gasteiger partial charge in [-0.05, 0) is 18.7 Å². The predicted molar refractivity (Wildman–Crippen MR) is 74.0 cm³/mol. The van der Waals surface area contributed by atoms with Gasteiger partial charge in [-0.15, -0.1) is 5.56 Å². The van der Waals surface area contributed by atoms with Crippen molar-refractivity contribution in [2.75, 3.05) is 0 Å². The maximum Gasteiger partial charge on any atom is 0.332 e. The van der Waals surface area contributed by atoms with Gasteiger partial charge in [-0.25, -0.2) is 14.2 Å². The van der Waals surface area contributed by atoms with Crippen LogP contribution in [0.4, 0.5) is 4.39 Å². The van der Waals surface area contributed by atoms with Gasteiger partial charge in [0.15, 0.2) is 5.65 Å². The molecule has 0 amide bonds. The molecule has 109 valence electrons. The third-order valence-electron chi connectivity index (χ3n) is 3.18. The molecule has 0 saturated heterocycles. The standard InChI is InChI=1S/C14H10FN4O2.Pr/c1-7-3-4-16-6-11(7)19-12-9(13(20)18-14(19)21)5-10(15)8(2)17-12;/h3-5H,1-2H3,(H,18,20,21);/q-1;. The molecule has 8 heteroatoms. The molecule has 0 saturated carbocycles. The van der Waals surface area contributed by atoms with Crippen molar-refractivity contribution >= 4 is 11.0 Å². The van der Waals surface area contributed by atoms with Crippen LogP contribution in [0.5, 0.6) is 0 Å². The molecule has 3 rings (SSSR count). The molecular weight excluding hydrogens is 416 g/mol. The molecule has 3 aromatic rings. The number of aromatic nitrogens is 4. The van der Waals surface area contributed by atoms with Crippen LogP contribution >= 0.6 is 0 Å². The molecule has 0 atom stereocenters. The Morgan fingerprint density at radius 2 is 2.05 bits per heavy atom. The largest absolute Gasteiger partial charge is 0.392 e. The first kappa shape index (κ1) is 16.9. The topological polar surface area (TPSA) is 80.6 Å². The minimum Gasteiger partial charge on any atom is -0.392 e. The number of nitrogens with zero attached hydrogens (tertiary/aromatic N) is 3. The van der Waals surface area contributed by atoms with Crippen LogP contribution in [-0.2, 0) is 0 Å². The van der Waals surface area contributed by atoms with Crippen molar-refractivity contribution < 1.29 is 45.7 Å². The summed E-state index contributed by atoms with van der Waals surface area (Å²) in [6, 6.07) is 2.77. The van der Waals surface area contributed by atoms with Crippen molar-refractivity contribution in [3.63, 3.8) is 0 Å². The zero-order chi connectivity index (χ0) is 15.1. The number of halogens is 1. The predicted octanol–water partition coefficient (Wildman–Crippen LogP) is 1.03. The Kier molecular flexibility index (Phi) is 4.87. The van der Waals surface area contributed by atoms with E-state index in [4.69, 9.17) is 0 Å². The van der Waals surface area contributed by atoms with Crippen LogP contribution in [0.1, 0.15) is 11.3 Å². The van der Waals surface area contributed by atoms with Gasteiger partial charge in [0.25, 0.3) is 5.56 Å². The second kappa shape index (κ2) is 6.34. The van der Waals surface area contributed by atoms with E-state index in [1.54, 1.807) is 13.0 Å². The van der Waals surface area contributed by atoms with Crippen molar-refractivity contribution in [3.05, 3.63) is 62.4 Å². The molecule has 0 aliphatic rings. The van der Waals surface area contributed by atoms with E-state index in [1.807, 2.05) is 0 Å². The fraction of sp³-hybridized carbons (Fsp3) is 0.143. The average Bonchev–Trinajstić information content (AvgIpc) is 2.43. The van der Waals surface area contributed by atoms with Gasteiger partial charge in [0.05, 0.1) is 11.1 Å². The second-order valence-corrected chi connectivity index (χ2v) is 4.61. The number of H-pyrrole nitrogens is 1. The van der Waals surface area contributed by atoms with E-state index in [0.717, 1.165) is 11.6 Å². The molecular formula is C14H10FN4O2Pr-. The van der Waals surface area contributed by atoms with Gasteiger partial charge in [0, 0.05) is 41.3 Å². The van der Waals surface area contributed by atoms with Gasteiger partial charge in [0.2, 0.25) is 0 Å².